The van der Waals surface area contributed by atoms with E-state index in [2.05, 4.69) is 5.29 Å². The second-order valence-corrected chi connectivity index (χ2v) is 4.84. The van der Waals surface area contributed by atoms with Gasteiger partial charge in [0, 0.05) is 0 Å². The number of nitrogens with zero attached hydrogens (tertiary/aromatic N) is 2. The molecule has 1 rings (SSSR count). The van der Waals surface area contributed by atoms with E-state index >= 15 is 0 Å². The summed E-state index contributed by atoms with van der Waals surface area (Å²) in [7, 11) is -3.62. The summed E-state index contributed by atoms with van der Waals surface area (Å²) in [5, 5.41) is 2.47. The summed E-state index contributed by atoms with van der Waals surface area (Å²) in [4.78, 5) is 10.3. The fourth-order valence-corrected chi connectivity index (χ4v) is 2.42. The number of hydrogen-bond acceptors (Lipinski definition) is 4. The van der Waals surface area contributed by atoms with Gasteiger partial charge in [-0.25, -0.2) is 8.42 Å². The molecule has 0 aliphatic carbocycles. The van der Waals surface area contributed by atoms with E-state index in [4.69, 9.17) is 0 Å². The third-order valence-electron chi connectivity index (χ3n) is 1.87. The van der Waals surface area contributed by atoms with Crippen LogP contribution in [0.5, 0.6) is 0 Å². The Kier molecular flexibility index (Phi) is 3.79. The van der Waals surface area contributed by atoms with Gasteiger partial charge in [0.15, 0.2) is 0 Å². The van der Waals surface area contributed by atoms with Crippen molar-refractivity contribution >= 4 is 10.0 Å². The smallest absolute Gasteiger partial charge is 0.205 e. The van der Waals surface area contributed by atoms with Gasteiger partial charge in [-0.05, 0) is 12.5 Å². The van der Waals surface area contributed by atoms with E-state index < -0.39 is 10.0 Å². The van der Waals surface area contributed by atoms with Crippen LogP contribution in [-0.4, -0.2) is 19.4 Å². The van der Waals surface area contributed by atoms with Crippen LogP contribution in [0.3, 0.4) is 0 Å². The number of benzene rings is 1. The van der Waals surface area contributed by atoms with Crippen LogP contribution in [0, 0.1) is 4.91 Å². The van der Waals surface area contributed by atoms with Gasteiger partial charge in [-0.2, -0.15) is 4.41 Å². The van der Waals surface area contributed by atoms with Crippen molar-refractivity contribution in [1.82, 2.24) is 4.41 Å². The first-order valence-corrected chi connectivity index (χ1v) is 6.08. The second kappa shape index (κ2) is 4.88. The molecule has 0 bridgehead atoms. The average molecular weight is 228 g/mol. The lowest BCUT2D eigenvalue weighted by molar-refractivity contribution is 0.443. The van der Waals surface area contributed by atoms with Crippen molar-refractivity contribution < 1.29 is 8.42 Å². The normalized spacial score (nSPS) is 11.0. The van der Waals surface area contributed by atoms with Gasteiger partial charge >= 0.3 is 0 Å². The molecule has 0 N–H and O–H groups in total. The van der Waals surface area contributed by atoms with Crippen molar-refractivity contribution in [3.8, 4) is 0 Å². The Morgan fingerprint density at radius 2 is 1.87 bits per heavy atom. The molecular formula is C9H12N2O3S. The van der Waals surface area contributed by atoms with E-state index in [1.807, 2.05) is 0 Å². The Balaban J connectivity index is 2.86. The second-order valence-electron chi connectivity index (χ2n) is 2.96. The first-order valence-electron chi connectivity index (χ1n) is 4.47. The van der Waals surface area contributed by atoms with Crippen LogP contribution in [0.15, 0.2) is 35.6 Å². The van der Waals surface area contributed by atoms with Crippen molar-refractivity contribution in [3.05, 3.63) is 40.8 Å². The molecule has 0 radical (unpaired) electrons. The lowest BCUT2D eigenvalue weighted by atomic mass is 10.2. The van der Waals surface area contributed by atoms with Gasteiger partial charge in [0.2, 0.25) is 0 Å². The molecular weight excluding hydrogens is 216 g/mol. The summed E-state index contributed by atoms with van der Waals surface area (Å²) in [6, 6.07) is 8.67. The Labute approximate surface area is 88.7 Å². The van der Waals surface area contributed by atoms with Gasteiger partial charge in [-0.15, -0.1) is 4.91 Å². The van der Waals surface area contributed by atoms with E-state index in [1.165, 1.54) is 0 Å². The quantitative estimate of drug-likeness (QED) is 0.567. The maximum Gasteiger partial charge on any atom is 0.256 e. The van der Waals surface area contributed by atoms with Crippen molar-refractivity contribution in [3.63, 3.8) is 0 Å². The molecule has 1 aromatic rings. The zero-order chi connectivity index (χ0) is 11.3. The van der Waals surface area contributed by atoms with Crippen molar-refractivity contribution in [2.75, 3.05) is 6.54 Å². The van der Waals surface area contributed by atoms with Gasteiger partial charge in [0.05, 0.1) is 17.6 Å². The van der Waals surface area contributed by atoms with E-state index in [0.717, 1.165) is 0 Å². The fourth-order valence-electron chi connectivity index (χ4n) is 1.16. The number of rotatable bonds is 5. The summed E-state index contributed by atoms with van der Waals surface area (Å²) in [6.07, 6.45) is 0. The van der Waals surface area contributed by atoms with Crippen LogP contribution in [-0.2, 0) is 15.8 Å². The van der Waals surface area contributed by atoms with Crippen LogP contribution < -0.4 is 0 Å². The molecule has 0 aliphatic rings. The highest BCUT2D eigenvalue weighted by atomic mass is 32.2. The maximum absolute atomic E-state index is 11.6. The number of hydrogen-bond donors (Lipinski definition) is 0. The summed E-state index contributed by atoms with van der Waals surface area (Å²) in [5.74, 6) is -0.201. The number of sulfonamides is 1. The molecule has 6 heteroatoms. The predicted molar refractivity (Wildman–Crippen MR) is 57.2 cm³/mol. The summed E-state index contributed by atoms with van der Waals surface area (Å²) in [5.41, 5.74) is 0.639. The van der Waals surface area contributed by atoms with Gasteiger partial charge in [-0.1, -0.05) is 30.3 Å². The molecule has 0 saturated heterocycles. The molecule has 0 saturated carbocycles. The van der Waals surface area contributed by atoms with Crippen LogP contribution in [0.25, 0.3) is 0 Å². The molecule has 5 nitrogen and oxygen atoms in total. The average Bonchev–Trinajstić information content (AvgIpc) is 2.19. The van der Waals surface area contributed by atoms with E-state index in [-0.39, 0.29) is 12.3 Å². The highest BCUT2D eigenvalue weighted by Gasteiger charge is 2.20. The lowest BCUT2D eigenvalue weighted by Crippen LogP contribution is -2.26. The SMILES string of the molecule is CCN(N=O)S(=O)(=O)Cc1ccccc1. The summed E-state index contributed by atoms with van der Waals surface area (Å²) >= 11 is 0. The Morgan fingerprint density at radius 3 is 2.33 bits per heavy atom. The van der Waals surface area contributed by atoms with Gasteiger partial charge in [0.25, 0.3) is 10.0 Å². The summed E-state index contributed by atoms with van der Waals surface area (Å²) in [6.45, 7) is 1.61. The number of nitroso groups, excluding NO2 is 1. The van der Waals surface area contributed by atoms with Crippen molar-refractivity contribution in [2.24, 2.45) is 5.29 Å². The Morgan fingerprint density at radius 1 is 1.27 bits per heavy atom. The van der Waals surface area contributed by atoms with Crippen molar-refractivity contribution in [2.45, 2.75) is 12.7 Å². The Hall–Kier alpha value is -1.43. The fraction of sp³-hybridized carbons (Fsp3) is 0.333. The molecule has 15 heavy (non-hydrogen) atoms. The van der Waals surface area contributed by atoms with E-state index in [0.29, 0.717) is 9.98 Å². The zero-order valence-electron chi connectivity index (χ0n) is 8.33. The maximum atomic E-state index is 11.6. The van der Waals surface area contributed by atoms with Gasteiger partial charge < -0.3 is 0 Å². The lowest BCUT2D eigenvalue weighted by Gasteiger charge is -2.12. The van der Waals surface area contributed by atoms with E-state index in [1.54, 1.807) is 37.3 Å². The molecule has 0 heterocycles. The topological polar surface area (TPSA) is 66.8 Å². The molecule has 0 unspecified atom stereocenters. The largest absolute Gasteiger partial charge is 0.256 e. The highest BCUT2D eigenvalue weighted by molar-refractivity contribution is 7.88. The molecule has 1 aromatic carbocycles. The first-order chi connectivity index (χ1) is 7.10. The third-order valence-corrected chi connectivity index (χ3v) is 3.54. The minimum atomic E-state index is -3.62. The molecule has 0 fully saturated rings. The third kappa shape index (κ3) is 3.02. The molecule has 0 atom stereocenters. The van der Waals surface area contributed by atoms with Gasteiger partial charge in [-0.3, -0.25) is 0 Å². The van der Waals surface area contributed by atoms with Crippen LogP contribution in [0.2, 0.25) is 0 Å². The zero-order valence-corrected chi connectivity index (χ0v) is 9.14. The molecule has 0 spiro atoms. The minimum Gasteiger partial charge on any atom is -0.205 e. The molecule has 82 valence electrons. The first kappa shape index (κ1) is 11.6. The monoisotopic (exact) mass is 228 g/mol. The van der Waals surface area contributed by atoms with Crippen LogP contribution in [0.4, 0.5) is 0 Å². The molecule has 0 aromatic heterocycles. The Bertz CT molecular complexity index is 416. The van der Waals surface area contributed by atoms with Crippen LogP contribution in [0.1, 0.15) is 12.5 Å². The molecule has 0 amide bonds. The molecule has 0 aliphatic heterocycles. The van der Waals surface area contributed by atoms with Crippen LogP contribution >= 0.6 is 0 Å². The standard InChI is InChI=1S/C9H12N2O3S/c1-2-11(10-12)15(13,14)8-9-6-4-3-5-7-9/h3-7H,2,8H2,1H3. The summed E-state index contributed by atoms with van der Waals surface area (Å²) < 4.78 is 23.7. The van der Waals surface area contributed by atoms with Crippen molar-refractivity contribution in [1.29, 1.82) is 0 Å². The highest BCUT2D eigenvalue weighted by Crippen LogP contribution is 2.10. The minimum absolute atomic E-state index is 0.0542. The van der Waals surface area contributed by atoms with Gasteiger partial charge in [0.1, 0.15) is 0 Å². The van der Waals surface area contributed by atoms with E-state index in [9.17, 15) is 13.3 Å². The predicted octanol–water partition coefficient (Wildman–Crippen LogP) is 1.52.